The monoisotopic (exact) mass is 336 g/mol. The van der Waals surface area contributed by atoms with Gasteiger partial charge in [0.05, 0.1) is 23.7 Å². The summed E-state index contributed by atoms with van der Waals surface area (Å²) in [6, 6.07) is 0. The maximum absolute atomic E-state index is 12.5. The van der Waals surface area contributed by atoms with Crippen molar-refractivity contribution in [2.45, 2.75) is 77.1 Å². The zero-order valence-corrected chi connectivity index (χ0v) is 15.2. The molecule has 4 rings (SSSR count). The van der Waals surface area contributed by atoms with E-state index in [0.717, 1.165) is 32.1 Å². The molecular weight excluding hydrogens is 304 g/mol. The second-order valence-electron chi connectivity index (χ2n) is 9.44. The number of hydrogen-bond acceptors (Lipinski definition) is 4. The first-order valence-electron chi connectivity index (χ1n) is 9.74. The molecule has 0 aromatic carbocycles. The SMILES string of the molecule is CO[C@@H]1CC[C@@]2(C)[C@@H](CC[C@H]3[C@@H]4[C@@H](O)CC(=O)[C@@]4(C)[C@@H](O)C[C@@H]32)C1. The summed E-state index contributed by atoms with van der Waals surface area (Å²) >= 11 is 0. The van der Waals surface area contributed by atoms with E-state index in [1.54, 1.807) is 0 Å². The summed E-state index contributed by atoms with van der Waals surface area (Å²) in [5, 5.41) is 21.5. The van der Waals surface area contributed by atoms with E-state index < -0.39 is 17.6 Å². The van der Waals surface area contributed by atoms with Gasteiger partial charge in [-0.25, -0.2) is 0 Å². The van der Waals surface area contributed by atoms with Crippen molar-refractivity contribution in [2.75, 3.05) is 7.11 Å². The molecule has 0 radical (unpaired) electrons. The third-order valence-corrected chi connectivity index (χ3v) is 8.76. The molecule has 0 heterocycles. The zero-order valence-electron chi connectivity index (χ0n) is 15.2. The van der Waals surface area contributed by atoms with Gasteiger partial charge >= 0.3 is 0 Å². The quantitative estimate of drug-likeness (QED) is 0.772. The number of aliphatic hydroxyl groups excluding tert-OH is 2. The van der Waals surface area contributed by atoms with Gasteiger partial charge in [0.1, 0.15) is 5.78 Å². The molecule has 24 heavy (non-hydrogen) atoms. The van der Waals surface area contributed by atoms with Gasteiger partial charge in [0.25, 0.3) is 0 Å². The van der Waals surface area contributed by atoms with Crippen molar-refractivity contribution in [1.29, 1.82) is 0 Å². The lowest BCUT2D eigenvalue weighted by Gasteiger charge is -2.61. The average Bonchev–Trinajstić information content (AvgIpc) is 2.79. The van der Waals surface area contributed by atoms with Crippen molar-refractivity contribution < 1.29 is 19.7 Å². The Morgan fingerprint density at radius 1 is 1.12 bits per heavy atom. The molecule has 0 aromatic heterocycles. The maximum atomic E-state index is 12.5. The van der Waals surface area contributed by atoms with E-state index in [2.05, 4.69) is 6.92 Å². The largest absolute Gasteiger partial charge is 0.392 e. The van der Waals surface area contributed by atoms with E-state index in [-0.39, 0.29) is 23.5 Å². The van der Waals surface area contributed by atoms with Crippen LogP contribution in [0.5, 0.6) is 0 Å². The second-order valence-corrected chi connectivity index (χ2v) is 9.44. The number of ketones is 1. The molecule has 0 unspecified atom stereocenters. The van der Waals surface area contributed by atoms with Gasteiger partial charge in [-0.15, -0.1) is 0 Å². The molecule has 4 saturated carbocycles. The number of aliphatic hydroxyl groups is 2. The fraction of sp³-hybridized carbons (Fsp3) is 0.950. The molecule has 4 aliphatic rings. The van der Waals surface area contributed by atoms with Crippen molar-refractivity contribution in [3.63, 3.8) is 0 Å². The normalized spacial score (nSPS) is 57.2. The molecule has 4 heteroatoms. The summed E-state index contributed by atoms with van der Waals surface area (Å²) in [4.78, 5) is 12.5. The van der Waals surface area contributed by atoms with Gasteiger partial charge in [-0.3, -0.25) is 4.79 Å². The van der Waals surface area contributed by atoms with Crippen LogP contribution in [0.2, 0.25) is 0 Å². The number of methoxy groups -OCH3 is 1. The molecule has 2 N–H and O–H groups in total. The second kappa shape index (κ2) is 5.52. The molecule has 4 aliphatic carbocycles. The lowest BCUT2D eigenvalue weighted by molar-refractivity contribution is -0.179. The number of carbonyl (C=O) groups is 1. The smallest absolute Gasteiger partial charge is 0.144 e. The van der Waals surface area contributed by atoms with Gasteiger partial charge in [-0.2, -0.15) is 0 Å². The molecule has 0 aliphatic heterocycles. The molecule has 9 atom stereocenters. The highest BCUT2D eigenvalue weighted by Gasteiger charge is 2.66. The van der Waals surface area contributed by atoms with Crippen LogP contribution in [0.4, 0.5) is 0 Å². The van der Waals surface area contributed by atoms with Crippen LogP contribution >= 0.6 is 0 Å². The molecule has 4 fully saturated rings. The van der Waals surface area contributed by atoms with Crippen molar-refractivity contribution in [1.82, 2.24) is 0 Å². The van der Waals surface area contributed by atoms with Crippen LogP contribution in [-0.4, -0.2) is 41.4 Å². The highest BCUT2D eigenvalue weighted by molar-refractivity contribution is 5.88. The number of hydrogen-bond donors (Lipinski definition) is 2. The highest BCUT2D eigenvalue weighted by atomic mass is 16.5. The molecule has 136 valence electrons. The summed E-state index contributed by atoms with van der Waals surface area (Å²) in [6.45, 7) is 4.31. The Morgan fingerprint density at radius 2 is 1.88 bits per heavy atom. The number of ether oxygens (including phenoxy) is 1. The van der Waals surface area contributed by atoms with E-state index in [4.69, 9.17) is 4.74 Å². The standard InChI is InChI=1S/C20H32O4/c1-19-7-6-12(24-3)8-11(19)4-5-13-14(19)9-16(22)20(2)17(23)10-15(21)18(13)20/h11-16,18,21-22H,4-10H2,1-3H3/t11-,12+,13+,14-,15-,16-,18+,19-,20+/m0/s1. The molecule has 0 aromatic rings. The van der Waals surface area contributed by atoms with Gasteiger partial charge in [0.15, 0.2) is 0 Å². The predicted molar refractivity (Wildman–Crippen MR) is 90.3 cm³/mol. The number of fused-ring (bicyclic) bond motifs is 5. The number of rotatable bonds is 1. The Balaban J connectivity index is 1.67. The maximum Gasteiger partial charge on any atom is 0.144 e. The molecule has 0 amide bonds. The third kappa shape index (κ3) is 2.05. The minimum Gasteiger partial charge on any atom is -0.392 e. The van der Waals surface area contributed by atoms with Crippen molar-refractivity contribution >= 4 is 5.78 Å². The van der Waals surface area contributed by atoms with Crippen molar-refractivity contribution in [3.05, 3.63) is 0 Å². The first-order chi connectivity index (χ1) is 11.3. The minimum absolute atomic E-state index is 0.0586. The van der Waals surface area contributed by atoms with E-state index in [9.17, 15) is 15.0 Å². The van der Waals surface area contributed by atoms with Crippen molar-refractivity contribution in [3.8, 4) is 0 Å². The van der Waals surface area contributed by atoms with Crippen LogP contribution in [0.15, 0.2) is 0 Å². The first-order valence-corrected chi connectivity index (χ1v) is 9.74. The summed E-state index contributed by atoms with van der Waals surface area (Å²) in [7, 11) is 1.81. The van der Waals surface area contributed by atoms with Gasteiger partial charge in [-0.05, 0) is 68.6 Å². The molecule has 0 spiro atoms. The summed E-state index contributed by atoms with van der Waals surface area (Å²) in [6.07, 6.45) is 5.74. The Bertz CT molecular complexity index is 534. The Morgan fingerprint density at radius 3 is 2.58 bits per heavy atom. The third-order valence-electron chi connectivity index (χ3n) is 8.76. The van der Waals surface area contributed by atoms with E-state index in [1.807, 2.05) is 14.0 Å². The molecule has 0 saturated heterocycles. The van der Waals surface area contributed by atoms with Crippen molar-refractivity contribution in [2.24, 2.45) is 34.5 Å². The summed E-state index contributed by atoms with van der Waals surface area (Å²) in [5.74, 6) is 1.45. The molecule has 4 nitrogen and oxygen atoms in total. The minimum atomic E-state index is -0.729. The topological polar surface area (TPSA) is 66.8 Å². The number of carbonyl (C=O) groups excluding carboxylic acids is 1. The highest BCUT2D eigenvalue weighted by Crippen LogP contribution is 2.65. The number of Topliss-reactive ketones (excluding diaryl/α,β-unsaturated/α-hetero) is 1. The van der Waals surface area contributed by atoms with Crippen LogP contribution in [0.25, 0.3) is 0 Å². The molecule has 0 bridgehead atoms. The van der Waals surface area contributed by atoms with Crippen LogP contribution in [-0.2, 0) is 9.53 Å². The van der Waals surface area contributed by atoms with E-state index in [1.165, 1.54) is 6.42 Å². The van der Waals surface area contributed by atoms with Gasteiger partial charge in [0.2, 0.25) is 0 Å². The Hall–Kier alpha value is -0.450. The van der Waals surface area contributed by atoms with Gasteiger partial charge < -0.3 is 14.9 Å². The molecular formula is C20H32O4. The fourth-order valence-corrected chi connectivity index (χ4v) is 7.23. The lowest BCUT2D eigenvalue weighted by atomic mass is 9.44. The zero-order chi connectivity index (χ0) is 17.3. The summed E-state index contributed by atoms with van der Waals surface area (Å²) < 4.78 is 5.62. The average molecular weight is 336 g/mol. The fourth-order valence-electron chi connectivity index (χ4n) is 7.23. The lowest BCUT2D eigenvalue weighted by Crippen LogP contribution is -2.59. The Kier molecular flexibility index (Phi) is 3.91. The van der Waals surface area contributed by atoms with Gasteiger partial charge in [0, 0.05) is 19.4 Å². The van der Waals surface area contributed by atoms with Crippen LogP contribution in [0.3, 0.4) is 0 Å². The van der Waals surface area contributed by atoms with E-state index >= 15 is 0 Å². The van der Waals surface area contributed by atoms with Gasteiger partial charge in [-0.1, -0.05) is 6.92 Å². The Labute approximate surface area is 145 Å². The van der Waals surface area contributed by atoms with Crippen LogP contribution in [0.1, 0.15) is 58.8 Å². The summed E-state index contributed by atoms with van der Waals surface area (Å²) in [5.41, 5.74) is -0.515. The van der Waals surface area contributed by atoms with Crippen LogP contribution < -0.4 is 0 Å². The van der Waals surface area contributed by atoms with Crippen LogP contribution in [0, 0.1) is 34.5 Å². The first kappa shape index (κ1) is 17.0. The van der Waals surface area contributed by atoms with E-state index in [0.29, 0.717) is 23.9 Å². The predicted octanol–water partition coefficient (Wildman–Crippen LogP) is 2.55.